The molecular weight excluding hydrogens is 1220 g/mol. The van der Waals surface area contributed by atoms with Crippen molar-refractivity contribution in [3.05, 3.63) is 264 Å². The maximum Gasteiger partial charge on any atom is 0.272 e. The summed E-state index contributed by atoms with van der Waals surface area (Å²) in [6.07, 6.45) is 4.88. The van der Waals surface area contributed by atoms with Crippen LogP contribution >= 0.6 is 0 Å². The van der Waals surface area contributed by atoms with E-state index in [4.69, 9.17) is 36.9 Å². The average molecular weight is 1270 g/mol. The van der Waals surface area contributed by atoms with Gasteiger partial charge >= 0.3 is 0 Å². The molecule has 9 N–H and O–H groups in total. The Kier molecular flexibility index (Phi) is 16.2. The lowest BCUT2D eigenvalue weighted by atomic mass is 9.95. The summed E-state index contributed by atoms with van der Waals surface area (Å²) >= 11 is 0. The van der Waals surface area contributed by atoms with Gasteiger partial charge in [0.15, 0.2) is 0 Å². The van der Waals surface area contributed by atoms with Crippen molar-refractivity contribution in [3.8, 4) is 67.2 Å². The van der Waals surface area contributed by atoms with Crippen molar-refractivity contribution < 1.29 is 13.2 Å². The molecule has 0 saturated carbocycles. The molecule has 0 atom stereocenters. The van der Waals surface area contributed by atoms with E-state index < -0.39 is 17.5 Å². The van der Waals surface area contributed by atoms with Crippen LogP contribution in [0.25, 0.3) is 146 Å². The highest BCUT2D eigenvalue weighted by molar-refractivity contribution is 6.07. The van der Waals surface area contributed by atoms with E-state index >= 15 is 13.2 Å². The van der Waals surface area contributed by atoms with Crippen molar-refractivity contribution in [1.29, 1.82) is 0 Å². The maximum atomic E-state index is 15.4. The molecule has 6 heterocycles. The second-order valence-electron chi connectivity index (χ2n) is 22.2. The minimum Gasteiger partial charge on any atom is -0.325 e. The highest BCUT2D eigenvalue weighted by atomic mass is 19.1. The van der Waals surface area contributed by atoms with Crippen molar-refractivity contribution in [2.24, 2.45) is 38.3 Å². The van der Waals surface area contributed by atoms with Crippen LogP contribution in [-0.2, 0) is 40.8 Å². The molecule has 0 aliphatic carbocycles. The van der Waals surface area contributed by atoms with E-state index in [1.807, 2.05) is 54.6 Å². The number of aromatic nitrogens is 12. The van der Waals surface area contributed by atoms with Gasteiger partial charge in [-0.15, -0.1) is 0 Å². The van der Waals surface area contributed by atoms with Gasteiger partial charge in [0.2, 0.25) is 17.1 Å². The third kappa shape index (κ3) is 10.6. The summed E-state index contributed by atoms with van der Waals surface area (Å²) < 4.78 is 50.8. The first-order valence-electron chi connectivity index (χ1n) is 29.6. The number of H-pyrrole nitrogens is 3. The normalized spacial score (nSPS) is 11.2. The second kappa shape index (κ2) is 25.2. The van der Waals surface area contributed by atoms with E-state index in [1.165, 1.54) is 18.2 Å². The van der Waals surface area contributed by atoms with E-state index in [2.05, 4.69) is 60.4 Å². The predicted octanol–water partition coefficient (Wildman–Crippen LogP) is 12.9. The standard InChI is InChI=1S/3C24H17FN6O/c3*1-27-22-15-6-4-3-5-13(15)10-19(25)21(22)23-18(12-28-31(23)2)14-7-8-16-17(9-14)20(11-26)29-30-24(16)32/h3*3-10,12H,11,26H2,2H3,(H,30,32). The molecular formula is C72H51F3N18O3. The van der Waals surface area contributed by atoms with Crippen molar-refractivity contribution >= 4 is 81.7 Å². The first-order chi connectivity index (χ1) is 46.6. The first kappa shape index (κ1) is 61.8. The summed E-state index contributed by atoms with van der Waals surface area (Å²) in [7, 11) is 5.12. The van der Waals surface area contributed by atoms with E-state index in [0.717, 1.165) is 0 Å². The Morgan fingerprint density at radius 3 is 0.917 bits per heavy atom. The number of aryl methyl sites for hydroxylation is 3. The summed E-state index contributed by atoms with van der Waals surface area (Å²) in [4.78, 5) is 47.6. The van der Waals surface area contributed by atoms with Crippen LogP contribution in [0.3, 0.4) is 0 Å². The molecule has 0 aliphatic heterocycles. The van der Waals surface area contributed by atoms with Crippen LogP contribution in [0.15, 0.2) is 179 Å². The number of hydrogen-bond acceptors (Lipinski definition) is 12. The summed E-state index contributed by atoms with van der Waals surface area (Å²) in [5, 5.41) is 39.7. The number of nitrogens with one attached hydrogen (secondary N) is 3. The maximum absolute atomic E-state index is 15.4. The molecule has 0 aliphatic rings. The number of hydrogen-bond donors (Lipinski definition) is 6. The lowest BCUT2D eigenvalue weighted by Gasteiger charge is -2.13. The summed E-state index contributed by atoms with van der Waals surface area (Å²) in [6.45, 7) is 23.7. The minimum absolute atomic E-state index is 0.151. The molecule has 21 nitrogen and oxygen atoms in total. The zero-order chi connectivity index (χ0) is 67.2. The van der Waals surface area contributed by atoms with Crippen LogP contribution in [0, 0.1) is 37.2 Å². The molecule has 9 aromatic carbocycles. The molecule has 0 saturated heterocycles. The largest absolute Gasteiger partial charge is 0.325 e. The van der Waals surface area contributed by atoms with Gasteiger partial charge < -0.3 is 17.2 Å². The van der Waals surface area contributed by atoms with Crippen molar-refractivity contribution in [1.82, 2.24) is 59.9 Å². The Hall–Kier alpha value is -13.1. The van der Waals surface area contributed by atoms with Crippen molar-refractivity contribution in [2.75, 3.05) is 0 Å². The van der Waals surface area contributed by atoms with Gasteiger partial charge in [0, 0.05) is 90.3 Å². The quantitative estimate of drug-likeness (QED) is 0.0736. The Balaban J connectivity index is 0.000000130. The van der Waals surface area contributed by atoms with E-state index in [1.54, 1.807) is 127 Å². The highest BCUT2D eigenvalue weighted by Gasteiger charge is 2.27. The number of rotatable bonds is 9. The van der Waals surface area contributed by atoms with Gasteiger partial charge in [-0.1, -0.05) is 91.0 Å². The number of halogens is 3. The van der Waals surface area contributed by atoms with Gasteiger partial charge in [-0.05, 0) is 104 Å². The van der Waals surface area contributed by atoms with Gasteiger partial charge in [-0.3, -0.25) is 28.4 Å². The monoisotopic (exact) mass is 1270 g/mol. The third-order valence-corrected chi connectivity index (χ3v) is 16.9. The lowest BCUT2D eigenvalue weighted by Crippen LogP contribution is -2.13. The highest BCUT2D eigenvalue weighted by Crippen LogP contribution is 2.47. The van der Waals surface area contributed by atoms with E-state index in [-0.39, 0.29) is 70.1 Å². The molecule has 15 rings (SSSR count). The van der Waals surface area contributed by atoms with Crippen LogP contribution in [-0.4, -0.2) is 59.9 Å². The van der Waals surface area contributed by atoms with Gasteiger partial charge in [0.05, 0.1) is 88.6 Å². The van der Waals surface area contributed by atoms with Crippen molar-refractivity contribution in [3.63, 3.8) is 0 Å². The molecule has 6 aromatic heterocycles. The van der Waals surface area contributed by atoms with Crippen LogP contribution in [0.1, 0.15) is 17.1 Å². The molecule has 468 valence electrons. The number of nitrogens with zero attached hydrogens (tertiary/aromatic N) is 12. The number of nitrogens with two attached hydrogens (primary N) is 3. The summed E-state index contributed by atoms with van der Waals surface area (Å²) in [5.41, 5.74) is 24.9. The Morgan fingerprint density at radius 2 is 0.656 bits per heavy atom. The van der Waals surface area contributed by atoms with E-state index in [9.17, 15) is 14.4 Å². The molecule has 0 amide bonds. The number of fused-ring (bicyclic) bond motifs is 6. The fourth-order valence-electron chi connectivity index (χ4n) is 12.4. The molecule has 24 heteroatoms. The molecule has 0 bridgehead atoms. The Bertz CT molecular complexity index is 5460. The Morgan fingerprint density at radius 1 is 0.385 bits per heavy atom. The SMILES string of the molecule is [C-]#[N+]c1c(-c2c(-c3ccc4c(=O)[nH]nc(CN)c4c3)cnn2C)c(F)cc2ccccc12.[C-]#[N+]c1c(-c2c(-c3ccc4c(=O)[nH]nc(CN)c4c3)cnn2C)c(F)cc2ccccc12.[C-]#[N+]c1c(-c2c(-c3ccc4c(=O)[nH]nc(CN)c4c3)cnn2C)c(F)cc2ccccc12. The smallest absolute Gasteiger partial charge is 0.272 e. The van der Waals surface area contributed by atoms with Crippen LogP contribution in [0.4, 0.5) is 30.2 Å². The van der Waals surface area contributed by atoms with Crippen LogP contribution in [0.5, 0.6) is 0 Å². The van der Waals surface area contributed by atoms with Gasteiger partial charge in [-0.2, -0.15) is 30.6 Å². The Labute approximate surface area is 541 Å². The topological polar surface area (TPSA) is 282 Å². The average Bonchev–Trinajstić information content (AvgIpc) is 1.48. The minimum atomic E-state index is -0.499. The van der Waals surface area contributed by atoms with Crippen LogP contribution in [0.2, 0.25) is 0 Å². The van der Waals surface area contributed by atoms with Gasteiger partial charge in [0.1, 0.15) is 17.5 Å². The lowest BCUT2D eigenvalue weighted by molar-refractivity contribution is 0.630. The van der Waals surface area contributed by atoms with Gasteiger partial charge in [-0.25, -0.2) is 43.0 Å². The molecule has 0 fully saturated rings. The first-order valence-corrected chi connectivity index (χ1v) is 29.6. The fourth-order valence-corrected chi connectivity index (χ4v) is 12.4. The number of benzene rings is 9. The summed E-state index contributed by atoms with van der Waals surface area (Å²) in [6, 6.07) is 41.8. The molecule has 0 spiro atoms. The molecule has 15 aromatic rings. The van der Waals surface area contributed by atoms with E-state index in [0.29, 0.717) is 132 Å². The fraction of sp³-hybridized carbons (Fsp3) is 0.0833. The number of aromatic amines is 3. The molecule has 0 radical (unpaired) electrons. The third-order valence-electron chi connectivity index (χ3n) is 16.9. The molecule has 0 unspecified atom stereocenters. The van der Waals surface area contributed by atoms with Crippen molar-refractivity contribution in [2.45, 2.75) is 19.6 Å². The predicted molar refractivity (Wildman–Crippen MR) is 365 cm³/mol. The summed E-state index contributed by atoms with van der Waals surface area (Å²) in [5.74, 6) is -1.50. The zero-order valence-corrected chi connectivity index (χ0v) is 51.2. The second-order valence-corrected chi connectivity index (χ2v) is 22.2. The molecule has 96 heavy (non-hydrogen) atoms. The van der Waals surface area contributed by atoms with Gasteiger partial charge in [0.25, 0.3) is 16.7 Å². The van der Waals surface area contributed by atoms with Crippen LogP contribution < -0.4 is 33.9 Å². The zero-order valence-electron chi connectivity index (χ0n) is 51.2.